The lowest BCUT2D eigenvalue weighted by Gasteiger charge is -2.29. The second kappa shape index (κ2) is 10.2. The Morgan fingerprint density at radius 1 is 1.19 bits per heavy atom. The number of alkyl halides is 3. The molecule has 0 aliphatic rings. The van der Waals surface area contributed by atoms with Gasteiger partial charge in [-0.05, 0) is 24.6 Å². The van der Waals surface area contributed by atoms with Gasteiger partial charge in [-0.2, -0.15) is 13.2 Å². The third-order valence-corrected chi connectivity index (χ3v) is 5.71. The number of aryl methyl sites for hydroxylation is 1. The Kier molecular flexibility index (Phi) is 8.07. The van der Waals surface area contributed by atoms with E-state index in [1.165, 1.54) is 44.7 Å². The molecule has 32 heavy (non-hydrogen) atoms. The van der Waals surface area contributed by atoms with Crippen molar-refractivity contribution in [3.8, 4) is 11.5 Å². The number of amides is 1. The number of rotatable bonds is 9. The standard InChI is InChI=1S/C20H23F3N2O6S/c1-11-10-32-18(24-11)19(28,20(21,22)23)9-16(26)25-13(8-17(27)31-4)12-5-6-14(29-2)15(7-12)30-3/h5-7,10,13,28H,8-9H2,1-4H3,(H,25,26). The number of aliphatic hydroxyl groups is 1. The monoisotopic (exact) mass is 476 g/mol. The molecule has 176 valence electrons. The number of benzene rings is 1. The van der Waals surface area contributed by atoms with Crippen molar-refractivity contribution < 1.29 is 42.1 Å². The molecule has 2 atom stereocenters. The smallest absolute Gasteiger partial charge is 0.424 e. The van der Waals surface area contributed by atoms with Crippen LogP contribution in [0.3, 0.4) is 0 Å². The first-order chi connectivity index (χ1) is 14.9. The number of nitrogens with zero attached hydrogens (tertiary/aromatic N) is 1. The molecular weight excluding hydrogens is 453 g/mol. The predicted molar refractivity (Wildman–Crippen MR) is 108 cm³/mol. The summed E-state index contributed by atoms with van der Waals surface area (Å²) in [5.41, 5.74) is -2.84. The van der Waals surface area contributed by atoms with Crippen LogP contribution in [0.2, 0.25) is 0 Å². The molecule has 8 nitrogen and oxygen atoms in total. The van der Waals surface area contributed by atoms with E-state index >= 15 is 0 Å². The molecule has 2 unspecified atom stereocenters. The Morgan fingerprint density at radius 2 is 1.84 bits per heavy atom. The summed E-state index contributed by atoms with van der Waals surface area (Å²) in [6.07, 6.45) is -6.86. The molecule has 0 aliphatic carbocycles. The average Bonchev–Trinajstić information content (AvgIpc) is 3.18. The lowest BCUT2D eigenvalue weighted by atomic mass is 9.97. The Morgan fingerprint density at radius 3 is 2.34 bits per heavy atom. The number of hydrogen-bond donors (Lipinski definition) is 2. The molecule has 12 heteroatoms. The van der Waals surface area contributed by atoms with Crippen molar-refractivity contribution in [1.82, 2.24) is 10.3 Å². The first-order valence-corrected chi connectivity index (χ1v) is 10.1. The van der Waals surface area contributed by atoms with Crippen LogP contribution in [0.25, 0.3) is 0 Å². The van der Waals surface area contributed by atoms with Crippen LogP contribution < -0.4 is 14.8 Å². The Bertz CT molecular complexity index is 965. The summed E-state index contributed by atoms with van der Waals surface area (Å²) in [5, 5.41) is 13.5. The summed E-state index contributed by atoms with van der Waals surface area (Å²) in [6.45, 7) is 1.47. The number of aromatic nitrogens is 1. The maximum absolute atomic E-state index is 13.7. The topological polar surface area (TPSA) is 107 Å². The number of halogens is 3. The van der Waals surface area contributed by atoms with Crippen LogP contribution in [0.15, 0.2) is 23.6 Å². The number of carbonyl (C=O) groups is 2. The zero-order chi connectivity index (χ0) is 24.1. The summed E-state index contributed by atoms with van der Waals surface area (Å²) in [7, 11) is 3.95. The van der Waals surface area contributed by atoms with E-state index in [1.54, 1.807) is 0 Å². The van der Waals surface area contributed by atoms with E-state index in [2.05, 4.69) is 15.0 Å². The number of hydrogen-bond acceptors (Lipinski definition) is 8. The lowest BCUT2D eigenvalue weighted by Crippen LogP contribution is -2.46. The van der Waals surface area contributed by atoms with E-state index in [4.69, 9.17) is 9.47 Å². The van der Waals surface area contributed by atoms with Crippen LogP contribution in [0.1, 0.15) is 35.1 Å². The van der Waals surface area contributed by atoms with Crippen LogP contribution >= 0.6 is 11.3 Å². The maximum Gasteiger partial charge on any atom is 0.424 e. The van der Waals surface area contributed by atoms with Gasteiger partial charge in [-0.15, -0.1) is 11.3 Å². The largest absolute Gasteiger partial charge is 0.493 e. The first-order valence-electron chi connectivity index (χ1n) is 9.25. The third-order valence-electron chi connectivity index (χ3n) is 4.60. The fourth-order valence-corrected chi connectivity index (χ4v) is 3.80. The maximum atomic E-state index is 13.7. The van der Waals surface area contributed by atoms with Gasteiger partial charge in [0, 0.05) is 11.1 Å². The summed E-state index contributed by atoms with van der Waals surface area (Å²) >= 11 is 0.598. The van der Waals surface area contributed by atoms with Gasteiger partial charge in [0.25, 0.3) is 0 Å². The van der Waals surface area contributed by atoms with Crippen LogP contribution in [-0.2, 0) is 19.9 Å². The Hall–Kier alpha value is -2.86. The van der Waals surface area contributed by atoms with Crippen LogP contribution in [0, 0.1) is 6.92 Å². The molecule has 0 saturated carbocycles. The molecule has 2 N–H and O–H groups in total. The average molecular weight is 476 g/mol. The van der Waals surface area contributed by atoms with Crippen molar-refractivity contribution >= 4 is 23.2 Å². The molecule has 2 rings (SSSR count). The number of carbonyl (C=O) groups excluding carboxylic acids is 2. The van der Waals surface area contributed by atoms with Crippen molar-refractivity contribution in [3.63, 3.8) is 0 Å². The zero-order valence-electron chi connectivity index (χ0n) is 17.8. The van der Waals surface area contributed by atoms with E-state index in [0.29, 0.717) is 28.4 Å². The van der Waals surface area contributed by atoms with Crippen LogP contribution in [0.5, 0.6) is 11.5 Å². The fourth-order valence-electron chi connectivity index (χ4n) is 2.89. The zero-order valence-corrected chi connectivity index (χ0v) is 18.6. The van der Waals surface area contributed by atoms with Gasteiger partial charge in [0.15, 0.2) is 11.5 Å². The highest BCUT2D eigenvalue weighted by molar-refractivity contribution is 7.09. The SMILES string of the molecule is COC(=O)CC(NC(=O)CC(O)(c1nc(C)cs1)C(F)(F)F)c1ccc(OC)c(OC)c1. The number of esters is 1. The van der Waals surface area contributed by atoms with Gasteiger partial charge in [-0.25, -0.2) is 4.98 Å². The summed E-state index contributed by atoms with van der Waals surface area (Å²) in [4.78, 5) is 28.2. The second-order valence-corrected chi connectivity index (χ2v) is 7.70. The van der Waals surface area contributed by atoms with Crippen molar-refractivity contribution in [1.29, 1.82) is 0 Å². The quantitative estimate of drug-likeness (QED) is 0.536. The molecule has 0 fully saturated rings. The van der Waals surface area contributed by atoms with Gasteiger partial charge in [0.2, 0.25) is 11.5 Å². The Labute approximate surface area is 186 Å². The van der Waals surface area contributed by atoms with E-state index in [-0.39, 0.29) is 12.1 Å². The van der Waals surface area contributed by atoms with E-state index in [0.717, 1.165) is 7.11 Å². The van der Waals surface area contributed by atoms with E-state index in [9.17, 15) is 27.9 Å². The molecule has 0 saturated heterocycles. The highest BCUT2D eigenvalue weighted by Crippen LogP contribution is 2.43. The fraction of sp³-hybridized carbons (Fsp3) is 0.450. The van der Waals surface area contributed by atoms with E-state index < -0.39 is 41.1 Å². The molecule has 1 amide bonds. The molecule has 0 spiro atoms. The Balaban J connectivity index is 2.34. The summed E-state index contributed by atoms with van der Waals surface area (Å²) in [5.74, 6) is -1.17. The van der Waals surface area contributed by atoms with Crippen molar-refractivity contribution in [3.05, 3.63) is 39.8 Å². The minimum atomic E-state index is -5.16. The van der Waals surface area contributed by atoms with Gasteiger partial charge in [-0.3, -0.25) is 9.59 Å². The van der Waals surface area contributed by atoms with Crippen LogP contribution in [-0.4, -0.2) is 49.5 Å². The normalized spacial score (nSPS) is 14.2. The van der Waals surface area contributed by atoms with Gasteiger partial charge in [0.1, 0.15) is 5.01 Å². The molecule has 1 aromatic heterocycles. The first kappa shape index (κ1) is 25.4. The molecule has 2 aromatic rings. The minimum absolute atomic E-state index is 0.280. The van der Waals surface area contributed by atoms with Gasteiger partial charge in [0.05, 0.1) is 40.2 Å². The van der Waals surface area contributed by atoms with Crippen molar-refractivity contribution in [2.24, 2.45) is 0 Å². The lowest BCUT2D eigenvalue weighted by molar-refractivity contribution is -0.267. The molecule has 0 radical (unpaired) electrons. The number of ether oxygens (including phenoxy) is 3. The summed E-state index contributed by atoms with van der Waals surface area (Å²) < 4.78 is 56.1. The highest BCUT2D eigenvalue weighted by Gasteiger charge is 2.58. The van der Waals surface area contributed by atoms with Gasteiger partial charge >= 0.3 is 12.1 Å². The summed E-state index contributed by atoms with van der Waals surface area (Å²) in [6, 6.07) is 3.47. The van der Waals surface area contributed by atoms with Crippen molar-refractivity contribution in [2.75, 3.05) is 21.3 Å². The molecule has 0 aliphatic heterocycles. The van der Waals surface area contributed by atoms with E-state index in [1.807, 2.05) is 0 Å². The van der Waals surface area contributed by atoms with Gasteiger partial charge < -0.3 is 24.6 Å². The number of thiazole rings is 1. The molecule has 1 aromatic carbocycles. The predicted octanol–water partition coefficient (Wildman–Crippen LogP) is 3.03. The number of nitrogens with one attached hydrogen (secondary N) is 1. The third kappa shape index (κ3) is 5.68. The van der Waals surface area contributed by atoms with Crippen molar-refractivity contribution in [2.45, 2.75) is 37.6 Å². The minimum Gasteiger partial charge on any atom is -0.493 e. The van der Waals surface area contributed by atoms with Gasteiger partial charge in [-0.1, -0.05) is 6.07 Å². The van der Waals surface area contributed by atoms with Crippen LogP contribution in [0.4, 0.5) is 13.2 Å². The molecule has 1 heterocycles. The molecular formula is C20H23F3N2O6S. The number of methoxy groups -OCH3 is 3. The second-order valence-electron chi connectivity index (χ2n) is 6.84. The highest BCUT2D eigenvalue weighted by atomic mass is 32.1. The molecule has 0 bridgehead atoms.